The second-order valence-electron chi connectivity index (χ2n) is 7.64. The number of aryl methyl sites for hydroxylation is 2. The molecule has 2 aromatic rings. The van der Waals surface area contributed by atoms with Crippen molar-refractivity contribution in [3.8, 4) is 0 Å². The number of aliphatic hydroxyl groups excluding tert-OH is 1. The van der Waals surface area contributed by atoms with Gasteiger partial charge in [-0.1, -0.05) is 35.9 Å². The maximum absolute atomic E-state index is 14.7. The molecule has 0 saturated carbocycles. The standard InChI is InChI=1S/C23H25FN2O3/c1-14-9-10-15(2)17(13-14)21(27)19-20(16-7-5-6-8-18(16)24)26(12-11-25(3)4)23(29)22(19)28/h5-10,13,20,27H,11-12H2,1-4H3/t20-/m0/s1. The number of nitrogens with zero attached hydrogens (tertiary/aromatic N) is 2. The number of Topliss-reactive ketones (excluding diaryl/α,β-unsaturated/α-hetero) is 1. The maximum Gasteiger partial charge on any atom is 0.295 e. The highest BCUT2D eigenvalue weighted by Crippen LogP contribution is 2.40. The summed E-state index contributed by atoms with van der Waals surface area (Å²) in [7, 11) is 3.70. The van der Waals surface area contributed by atoms with Crippen LogP contribution in [0.1, 0.15) is 28.3 Å². The summed E-state index contributed by atoms with van der Waals surface area (Å²) in [5.74, 6) is -2.33. The summed E-state index contributed by atoms with van der Waals surface area (Å²) in [4.78, 5) is 28.9. The van der Waals surface area contributed by atoms with Crippen molar-refractivity contribution < 1.29 is 19.1 Å². The summed E-state index contributed by atoms with van der Waals surface area (Å²) in [6, 6.07) is 10.6. The van der Waals surface area contributed by atoms with E-state index in [0.717, 1.165) is 11.1 Å². The number of rotatable bonds is 5. The van der Waals surface area contributed by atoms with Gasteiger partial charge in [0, 0.05) is 24.2 Å². The quantitative estimate of drug-likeness (QED) is 0.478. The van der Waals surface area contributed by atoms with Crippen molar-refractivity contribution in [2.45, 2.75) is 19.9 Å². The van der Waals surface area contributed by atoms with E-state index in [0.29, 0.717) is 12.1 Å². The van der Waals surface area contributed by atoms with Crippen LogP contribution >= 0.6 is 0 Å². The molecule has 0 spiro atoms. The van der Waals surface area contributed by atoms with E-state index in [4.69, 9.17) is 0 Å². The number of amides is 1. The normalized spacial score (nSPS) is 18.7. The molecule has 0 aliphatic carbocycles. The Balaban J connectivity index is 2.22. The van der Waals surface area contributed by atoms with E-state index in [2.05, 4.69) is 0 Å². The lowest BCUT2D eigenvalue weighted by Crippen LogP contribution is -2.35. The largest absolute Gasteiger partial charge is 0.507 e. The molecule has 152 valence electrons. The van der Waals surface area contributed by atoms with E-state index in [-0.39, 0.29) is 23.4 Å². The Kier molecular flexibility index (Phi) is 5.84. The first kappa shape index (κ1) is 20.7. The van der Waals surface area contributed by atoms with Crippen LogP contribution in [0.5, 0.6) is 0 Å². The molecular formula is C23H25FN2O3. The molecule has 1 amide bonds. The lowest BCUT2D eigenvalue weighted by molar-refractivity contribution is -0.140. The van der Waals surface area contributed by atoms with Crippen molar-refractivity contribution in [2.75, 3.05) is 27.2 Å². The molecule has 0 unspecified atom stereocenters. The summed E-state index contributed by atoms with van der Waals surface area (Å²) < 4.78 is 14.7. The number of halogens is 1. The molecule has 2 aromatic carbocycles. The Morgan fingerprint density at radius 1 is 1.14 bits per heavy atom. The molecule has 3 rings (SSSR count). The molecule has 1 aliphatic heterocycles. The number of likely N-dealkylation sites (N-methyl/N-ethyl adjacent to an activating group) is 1. The second-order valence-corrected chi connectivity index (χ2v) is 7.64. The van der Waals surface area contributed by atoms with Crippen molar-refractivity contribution in [2.24, 2.45) is 0 Å². The van der Waals surface area contributed by atoms with Gasteiger partial charge < -0.3 is 14.9 Å². The van der Waals surface area contributed by atoms with Gasteiger partial charge in [-0.3, -0.25) is 9.59 Å². The van der Waals surface area contributed by atoms with Crippen molar-refractivity contribution in [1.29, 1.82) is 0 Å². The average molecular weight is 396 g/mol. The Bertz CT molecular complexity index is 997. The summed E-state index contributed by atoms with van der Waals surface area (Å²) >= 11 is 0. The van der Waals surface area contributed by atoms with Crippen molar-refractivity contribution in [1.82, 2.24) is 9.80 Å². The van der Waals surface area contributed by atoms with E-state index in [1.165, 1.54) is 11.0 Å². The maximum atomic E-state index is 14.7. The fourth-order valence-corrected chi connectivity index (χ4v) is 3.57. The van der Waals surface area contributed by atoms with Gasteiger partial charge in [0.05, 0.1) is 11.6 Å². The fourth-order valence-electron chi connectivity index (χ4n) is 3.57. The number of carbonyl (C=O) groups excluding carboxylic acids is 2. The zero-order valence-corrected chi connectivity index (χ0v) is 17.1. The van der Waals surface area contributed by atoms with Gasteiger partial charge in [0.2, 0.25) is 0 Å². The van der Waals surface area contributed by atoms with Crippen molar-refractivity contribution in [3.63, 3.8) is 0 Å². The molecule has 1 saturated heterocycles. The van der Waals surface area contributed by atoms with Gasteiger partial charge in [-0.05, 0) is 45.6 Å². The number of ketones is 1. The Labute approximate surface area is 170 Å². The number of benzene rings is 2. The predicted octanol–water partition coefficient (Wildman–Crippen LogP) is 3.43. The van der Waals surface area contributed by atoms with Crippen LogP contribution in [0.15, 0.2) is 48.0 Å². The van der Waals surface area contributed by atoms with E-state index in [9.17, 15) is 19.1 Å². The predicted molar refractivity (Wildman–Crippen MR) is 110 cm³/mol. The van der Waals surface area contributed by atoms with E-state index >= 15 is 0 Å². The zero-order chi connectivity index (χ0) is 21.3. The summed E-state index contributed by atoms with van der Waals surface area (Å²) in [6.45, 7) is 4.43. The van der Waals surface area contributed by atoms with Crippen LogP contribution in [0, 0.1) is 19.7 Å². The van der Waals surface area contributed by atoms with Gasteiger partial charge in [-0.25, -0.2) is 4.39 Å². The Morgan fingerprint density at radius 2 is 1.83 bits per heavy atom. The van der Waals surface area contributed by atoms with E-state index in [1.807, 2.05) is 45.0 Å². The molecule has 1 N–H and O–H groups in total. The van der Waals surface area contributed by atoms with Gasteiger partial charge in [0.15, 0.2) is 0 Å². The van der Waals surface area contributed by atoms with Crippen molar-refractivity contribution in [3.05, 3.63) is 76.1 Å². The SMILES string of the molecule is Cc1ccc(C)c(C(O)=C2C(=O)C(=O)N(CCN(C)C)[C@H]2c2ccccc2F)c1. The number of hydrogen-bond donors (Lipinski definition) is 1. The molecule has 0 bridgehead atoms. The minimum atomic E-state index is -0.976. The van der Waals surface area contributed by atoms with Gasteiger partial charge in [0.1, 0.15) is 11.6 Å². The molecule has 0 radical (unpaired) electrons. The second kappa shape index (κ2) is 8.17. The molecule has 5 nitrogen and oxygen atoms in total. The number of carbonyl (C=O) groups is 2. The first-order chi connectivity index (χ1) is 13.7. The van der Waals surface area contributed by atoms with Crippen LogP contribution in [0.3, 0.4) is 0 Å². The molecular weight excluding hydrogens is 371 g/mol. The van der Waals surface area contributed by atoms with Crippen LogP contribution in [0.25, 0.3) is 5.76 Å². The molecule has 29 heavy (non-hydrogen) atoms. The third kappa shape index (κ3) is 3.93. The first-order valence-electron chi connectivity index (χ1n) is 9.47. The first-order valence-corrected chi connectivity index (χ1v) is 9.47. The van der Waals surface area contributed by atoms with Crippen LogP contribution in [0.2, 0.25) is 0 Å². The molecule has 1 atom stereocenters. The zero-order valence-electron chi connectivity index (χ0n) is 17.1. The Morgan fingerprint density at radius 3 is 2.48 bits per heavy atom. The fraction of sp³-hybridized carbons (Fsp3) is 0.304. The third-order valence-electron chi connectivity index (χ3n) is 5.18. The summed E-state index contributed by atoms with van der Waals surface area (Å²) in [5, 5.41) is 11.1. The Hall–Kier alpha value is -2.99. The minimum Gasteiger partial charge on any atom is -0.507 e. The topological polar surface area (TPSA) is 60.9 Å². The summed E-state index contributed by atoms with van der Waals surface area (Å²) in [5.41, 5.74) is 2.25. The molecule has 6 heteroatoms. The summed E-state index contributed by atoms with van der Waals surface area (Å²) in [6.07, 6.45) is 0. The van der Waals surface area contributed by atoms with Crippen LogP contribution in [-0.4, -0.2) is 53.8 Å². The molecule has 1 aliphatic rings. The minimum absolute atomic E-state index is 0.0763. The highest BCUT2D eigenvalue weighted by atomic mass is 19.1. The van der Waals surface area contributed by atoms with Gasteiger partial charge in [-0.2, -0.15) is 0 Å². The van der Waals surface area contributed by atoms with Crippen molar-refractivity contribution >= 4 is 17.4 Å². The van der Waals surface area contributed by atoms with E-state index in [1.54, 1.807) is 24.3 Å². The highest BCUT2D eigenvalue weighted by Gasteiger charge is 2.46. The monoisotopic (exact) mass is 396 g/mol. The van der Waals surface area contributed by atoms with Gasteiger partial charge in [-0.15, -0.1) is 0 Å². The van der Waals surface area contributed by atoms with E-state index < -0.39 is 23.5 Å². The van der Waals surface area contributed by atoms with Crippen LogP contribution < -0.4 is 0 Å². The lowest BCUT2D eigenvalue weighted by Gasteiger charge is -2.27. The molecule has 1 fully saturated rings. The number of likely N-dealkylation sites (tertiary alicyclic amines) is 1. The van der Waals surface area contributed by atoms with Gasteiger partial charge >= 0.3 is 0 Å². The third-order valence-corrected chi connectivity index (χ3v) is 5.18. The lowest BCUT2D eigenvalue weighted by atomic mass is 9.93. The van der Waals surface area contributed by atoms with Gasteiger partial charge in [0.25, 0.3) is 11.7 Å². The number of aliphatic hydroxyl groups is 1. The smallest absolute Gasteiger partial charge is 0.295 e. The molecule has 1 heterocycles. The van der Waals surface area contributed by atoms with Crippen LogP contribution in [-0.2, 0) is 9.59 Å². The average Bonchev–Trinajstić information content (AvgIpc) is 2.92. The molecule has 0 aromatic heterocycles. The highest BCUT2D eigenvalue weighted by molar-refractivity contribution is 6.46. The number of hydrogen-bond acceptors (Lipinski definition) is 4. The van der Waals surface area contributed by atoms with Crippen LogP contribution in [0.4, 0.5) is 4.39 Å².